The van der Waals surface area contributed by atoms with E-state index in [-0.39, 0.29) is 5.41 Å². The molecule has 6 rings (SSSR count). The largest absolute Gasteiger partial charge is 0.493 e. The number of anilines is 1. The molecule has 1 atom stereocenters. The number of ether oxygens (including phenoxy) is 2. The van der Waals surface area contributed by atoms with Crippen LogP contribution in [0.1, 0.15) is 24.2 Å². The second-order valence-corrected chi connectivity index (χ2v) is 14.5. The molecule has 0 unspecified atom stereocenters. The van der Waals surface area contributed by atoms with Crippen LogP contribution in [-0.4, -0.2) is 91.4 Å². The Bertz CT molecular complexity index is 1780. The highest BCUT2D eigenvalue weighted by Gasteiger charge is 2.54. The Morgan fingerprint density at radius 1 is 1.07 bits per heavy atom. The van der Waals surface area contributed by atoms with Gasteiger partial charge in [-0.05, 0) is 33.2 Å². The summed E-state index contributed by atoms with van der Waals surface area (Å²) in [4.78, 5) is 13.3. The van der Waals surface area contributed by atoms with Crippen molar-refractivity contribution in [3.63, 3.8) is 0 Å². The maximum absolute atomic E-state index is 11.9. The number of pyridine rings is 2. The number of aromatic amines is 1. The van der Waals surface area contributed by atoms with Crippen molar-refractivity contribution in [1.82, 2.24) is 29.4 Å². The smallest absolute Gasteiger partial charge is 0.211 e. The number of H-pyrrole nitrogens is 1. The molecule has 1 spiro atoms. The molecule has 14 heteroatoms. The first-order valence-electron chi connectivity index (χ1n) is 13.7. The van der Waals surface area contributed by atoms with Crippen molar-refractivity contribution >= 4 is 49.9 Å². The Balaban J connectivity index is 1.30. The number of hydrogen-bond acceptors (Lipinski definition) is 9. The Morgan fingerprint density at radius 2 is 1.77 bits per heavy atom. The van der Waals surface area contributed by atoms with Gasteiger partial charge in [0.2, 0.25) is 10.0 Å². The number of nitrogens with zero attached hydrogens (tertiary/aromatic N) is 6. The fraction of sp³-hybridized carbons (Fsp3) is 0.414. The fourth-order valence-corrected chi connectivity index (χ4v) is 7.67. The van der Waals surface area contributed by atoms with Crippen LogP contribution < -0.4 is 14.4 Å². The third-order valence-corrected chi connectivity index (χ3v) is 9.79. The lowest BCUT2D eigenvalue weighted by atomic mass is 9.74. The van der Waals surface area contributed by atoms with E-state index in [2.05, 4.69) is 31.0 Å². The minimum atomic E-state index is -3.15. The van der Waals surface area contributed by atoms with E-state index >= 15 is 0 Å². The van der Waals surface area contributed by atoms with Gasteiger partial charge in [0.25, 0.3) is 0 Å². The molecule has 2 saturated heterocycles. The van der Waals surface area contributed by atoms with Crippen molar-refractivity contribution in [1.29, 1.82) is 0 Å². The average molecular weight is 647 g/mol. The molecule has 11 nitrogen and oxygen atoms in total. The summed E-state index contributed by atoms with van der Waals surface area (Å²) in [6, 6.07) is 5.87. The van der Waals surface area contributed by atoms with Crippen molar-refractivity contribution in [3.05, 3.63) is 58.0 Å². The van der Waals surface area contributed by atoms with E-state index < -0.39 is 16.1 Å². The van der Waals surface area contributed by atoms with Crippen molar-refractivity contribution in [2.24, 2.45) is 5.41 Å². The normalized spacial score (nSPS) is 17.3. The molecule has 0 amide bonds. The number of nitrogens with one attached hydrogen (secondary N) is 1. The van der Waals surface area contributed by atoms with Crippen molar-refractivity contribution in [3.8, 4) is 22.8 Å². The van der Waals surface area contributed by atoms with Crippen molar-refractivity contribution < 1.29 is 17.9 Å². The Morgan fingerprint density at radius 3 is 2.40 bits per heavy atom. The molecule has 1 N–H and O–H groups in total. The highest BCUT2D eigenvalue weighted by Crippen LogP contribution is 2.44. The van der Waals surface area contributed by atoms with Gasteiger partial charge in [0, 0.05) is 84.9 Å². The van der Waals surface area contributed by atoms with E-state index in [9.17, 15) is 8.42 Å². The van der Waals surface area contributed by atoms with Gasteiger partial charge in [-0.1, -0.05) is 23.2 Å². The molecular weight excluding hydrogens is 613 g/mol. The van der Waals surface area contributed by atoms with Gasteiger partial charge in [-0.3, -0.25) is 10.1 Å². The number of methoxy groups -OCH3 is 1. The summed E-state index contributed by atoms with van der Waals surface area (Å²) < 4.78 is 37.2. The third kappa shape index (κ3) is 5.62. The highest BCUT2D eigenvalue weighted by atomic mass is 35.5. The lowest BCUT2D eigenvalue weighted by molar-refractivity contribution is 0.0393. The minimum absolute atomic E-state index is 0.00846. The maximum atomic E-state index is 11.9. The molecule has 0 saturated carbocycles. The fourth-order valence-electron chi connectivity index (χ4n) is 5.98. The van der Waals surface area contributed by atoms with Gasteiger partial charge >= 0.3 is 0 Å². The van der Waals surface area contributed by atoms with Gasteiger partial charge in [0.15, 0.2) is 11.5 Å². The summed E-state index contributed by atoms with van der Waals surface area (Å²) in [5, 5.41) is 9.44. The van der Waals surface area contributed by atoms with Crippen LogP contribution in [0.25, 0.3) is 22.2 Å². The molecule has 5 heterocycles. The Labute approximate surface area is 260 Å². The predicted octanol–water partition coefficient (Wildman–Crippen LogP) is 4.62. The van der Waals surface area contributed by atoms with E-state index in [0.29, 0.717) is 46.7 Å². The number of fused-ring (bicyclic) bond motifs is 1. The number of rotatable bonds is 9. The van der Waals surface area contributed by atoms with E-state index in [0.717, 1.165) is 46.6 Å². The number of sulfonamides is 1. The standard InChI is InChI=1S/C29H33Cl2N7O4S/c1-17(26-21(30)10-32-11-22(26)31)42-25-7-20-23(8-24(25)41-4)34-35-27(20)18-6-19(12-36(2)3)28(33-9-18)37-13-29(14-37)15-38(16-29)43(5,39)40/h6-11,17H,12-16H2,1-5H3,(H,34,35)/t17-/m1/s1. The molecule has 2 fully saturated rings. The summed E-state index contributed by atoms with van der Waals surface area (Å²) in [6.07, 6.45) is 5.70. The van der Waals surface area contributed by atoms with E-state index in [1.165, 1.54) is 23.0 Å². The van der Waals surface area contributed by atoms with Crippen LogP contribution in [-0.2, 0) is 16.6 Å². The van der Waals surface area contributed by atoms with Gasteiger partial charge in [-0.15, -0.1) is 0 Å². The summed E-state index contributed by atoms with van der Waals surface area (Å²) in [5.41, 5.74) is 4.09. The van der Waals surface area contributed by atoms with Gasteiger partial charge in [-0.2, -0.15) is 5.10 Å². The molecule has 4 aromatic rings. The number of halogens is 2. The molecular formula is C29H33Cl2N7O4S. The first-order chi connectivity index (χ1) is 20.4. The van der Waals surface area contributed by atoms with E-state index in [1.807, 2.05) is 39.3 Å². The quantitative estimate of drug-likeness (QED) is 0.278. The van der Waals surface area contributed by atoms with Crippen molar-refractivity contribution in [2.45, 2.75) is 19.6 Å². The van der Waals surface area contributed by atoms with Gasteiger partial charge in [0.1, 0.15) is 17.6 Å². The monoisotopic (exact) mass is 645 g/mol. The molecule has 0 radical (unpaired) electrons. The zero-order valence-corrected chi connectivity index (χ0v) is 26.9. The lowest BCUT2D eigenvalue weighted by Gasteiger charge is -2.59. The van der Waals surface area contributed by atoms with Gasteiger partial charge < -0.3 is 19.3 Å². The van der Waals surface area contributed by atoms with Crippen molar-refractivity contribution in [2.75, 3.05) is 58.5 Å². The maximum Gasteiger partial charge on any atom is 0.211 e. The zero-order valence-electron chi connectivity index (χ0n) is 24.6. The molecule has 43 heavy (non-hydrogen) atoms. The Kier molecular flexibility index (Phi) is 7.70. The predicted molar refractivity (Wildman–Crippen MR) is 168 cm³/mol. The molecule has 2 aliphatic heterocycles. The molecule has 0 bridgehead atoms. The lowest BCUT2D eigenvalue weighted by Crippen LogP contribution is -2.73. The molecule has 228 valence electrons. The summed E-state index contributed by atoms with van der Waals surface area (Å²) in [7, 11) is 2.48. The van der Waals surface area contributed by atoms with Crippen LogP contribution >= 0.6 is 23.2 Å². The molecule has 3 aromatic heterocycles. The van der Waals surface area contributed by atoms with E-state index in [4.69, 9.17) is 37.7 Å². The number of aromatic nitrogens is 4. The van der Waals surface area contributed by atoms with Crippen LogP contribution in [0.5, 0.6) is 11.5 Å². The summed E-state index contributed by atoms with van der Waals surface area (Å²) >= 11 is 12.8. The molecule has 1 aromatic carbocycles. The average Bonchev–Trinajstić information content (AvgIpc) is 3.28. The van der Waals surface area contributed by atoms with Crippen LogP contribution in [0.15, 0.2) is 36.8 Å². The van der Waals surface area contributed by atoms with Gasteiger partial charge in [0.05, 0.1) is 28.9 Å². The summed E-state index contributed by atoms with van der Waals surface area (Å²) in [6.45, 7) is 5.24. The Hall–Kier alpha value is -3.16. The van der Waals surface area contributed by atoms with Gasteiger partial charge in [-0.25, -0.2) is 17.7 Å². The number of benzene rings is 1. The van der Waals surface area contributed by atoms with E-state index in [1.54, 1.807) is 7.11 Å². The first-order valence-corrected chi connectivity index (χ1v) is 16.3. The van der Waals surface area contributed by atoms with Crippen LogP contribution in [0, 0.1) is 5.41 Å². The first kappa shape index (κ1) is 29.9. The third-order valence-electron chi connectivity index (χ3n) is 8.00. The second kappa shape index (κ2) is 11.1. The zero-order chi connectivity index (χ0) is 30.7. The molecule has 0 aliphatic carbocycles. The number of hydrogen-bond donors (Lipinski definition) is 1. The van der Waals surface area contributed by atoms with Crippen LogP contribution in [0.2, 0.25) is 10.0 Å². The second-order valence-electron chi connectivity index (χ2n) is 11.7. The molecule has 2 aliphatic rings. The van der Waals surface area contributed by atoms with Crippen LogP contribution in [0.4, 0.5) is 5.82 Å². The SMILES string of the molecule is COc1cc2[nH]nc(-c3cnc(N4CC5(C4)CN(S(C)(=O)=O)C5)c(CN(C)C)c3)c2cc1O[C@H](C)c1c(Cl)cncc1Cl. The summed E-state index contributed by atoms with van der Waals surface area (Å²) in [5.74, 6) is 1.96. The highest BCUT2D eigenvalue weighted by molar-refractivity contribution is 7.88. The minimum Gasteiger partial charge on any atom is -0.493 e. The topological polar surface area (TPSA) is 117 Å². The van der Waals surface area contributed by atoms with Crippen LogP contribution in [0.3, 0.4) is 0 Å².